The summed E-state index contributed by atoms with van der Waals surface area (Å²) in [6.07, 6.45) is -3.00. The smallest absolute Gasteiger partial charge is 0.392 e. The second-order valence-corrected chi connectivity index (χ2v) is 13.9. The third kappa shape index (κ3) is 9.49. The topological polar surface area (TPSA) is 104 Å². The van der Waals surface area contributed by atoms with E-state index in [1.165, 1.54) is 0 Å². The Bertz CT molecular complexity index is 1840. The van der Waals surface area contributed by atoms with Gasteiger partial charge in [0, 0.05) is 56.0 Å². The third-order valence-electron chi connectivity index (χ3n) is 10.0. The van der Waals surface area contributed by atoms with Gasteiger partial charge in [-0.15, -0.1) is 0 Å². The summed E-state index contributed by atoms with van der Waals surface area (Å²) in [4.78, 5) is 32.1. The first-order valence-corrected chi connectivity index (χ1v) is 17.9. The Morgan fingerprint density at radius 1 is 0.943 bits per heavy atom. The first-order chi connectivity index (χ1) is 25.5. The number of benzene rings is 3. The lowest BCUT2D eigenvalue weighted by Crippen LogP contribution is -2.50. The molecule has 4 aromatic rings. The van der Waals surface area contributed by atoms with Crippen LogP contribution in [0, 0.1) is 5.92 Å². The minimum Gasteiger partial charge on any atom is -0.392 e. The van der Waals surface area contributed by atoms with Gasteiger partial charge in [-0.2, -0.15) is 13.2 Å². The van der Waals surface area contributed by atoms with Crippen LogP contribution in [0.5, 0.6) is 0 Å². The van der Waals surface area contributed by atoms with E-state index in [9.17, 15) is 27.9 Å². The number of halogens is 3. The van der Waals surface area contributed by atoms with Crippen molar-refractivity contribution in [3.05, 3.63) is 125 Å². The highest BCUT2D eigenvalue weighted by Gasteiger charge is 2.47. The van der Waals surface area contributed by atoms with Gasteiger partial charge in [0.15, 0.2) is 6.29 Å². The number of hydrogen-bond acceptors (Lipinski definition) is 7. The van der Waals surface area contributed by atoms with Crippen LogP contribution >= 0.6 is 0 Å². The van der Waals surface area contributed by atoms with E-state index in [0.29, 0.717) is 17.9 Å². The van der Waals surface area contributed by atoms with E-state index in [1.807, 2.05) is 91.0 Å². The number of hydrogen-bond donors (Lipinski definition) is 2. The molecule has 2 aliphatic heterocycles. The normalized spacial score (nSPS) is 21.9. The average Bonchev–Trinajstić information content (AvgIpc) is 3.67. The summed E-state index contributed by atoms with van der Waals surface area (Å²) < 4.78 is 52.7. The zero-order valence-electron chi connectivity index (χ0n) is 29.8. The fourth-order valence-corrected chi connectivity index (χ4v) is 7.06. The molecule has 53 heavy (non-hydrogen) atoms. The van der Waals surface area contributed by atoms with Crippen molar-refractivity contribution in [2.45, 2.75) is 70.1 Å². The lowest BCUT2D eigenvalue weighted by molar-refractivity contribution is -0.275. The molecule has 2 N–H and O–H groups in total. The monoisotopic (exact) mass is 730 g/mol. The maximum absolute atomic E-state index is 13.1. The average molecular weight is 731 g/mol. The summed E-state index contributed by atoms with van der Waals surface area (Å²) in [6, 6.07) is 28.0. The van der Waals surface area contributed by atoms with Crippen LogP contribution in [0.1, 0.15) is 60.1 Å². The number of likely N-dealkylation sites (tertiary alicyclic amines) is 1. The van der Waals surface area contributed by atoms with Gasteiger partial charge in [0.2, 0.25) is 5.91 Å². The van der Waals surface area contributed by atoms with Crippen molar-refractivity contribution in [3.8, 4) is 11.1 Å². The number of nitrogens with one attached hydrogen (secondary N) is 1. The predicted molar refractivity (Wildman–Crippen MR) is 193 cm³/mol. The highest BCUT2D eigenvalue weighted by molar-refractivity contribution is 5.90. The molecule has 9 nitrogen and oxygen atoms in total. The molecule has 0 aliphatic carbocycles. The summed E-state index contributed by atoms with van der Waals surface area (Å²) in [5.41, 5.74) is 6.21. The van der Waals surface area contributed by atoms with Crippen LogP contribution in [0.2, 0.25) is 0 Å². The van der Waals surface area contributed by atoms with Gasteiger partial charge in [-0.3, -0.25) is 14.6 Å². The number of nitrogens with zero attached hydrogens (tertiary/aromatic N) is 3. The number of pyridine rings is 1. The fourth-order valence-electron chi connectivity index (χ4n) is 7.06. The van der Waals surface area contributed by atoms with Crippen molar-refractivity contribution in [2.75, 3.05) is 26.7 Å². The summed E-state index contributed by atoms with van der Waals surface area (Å²) in [5, 5.41) is 12.3. The van der Waals surface area contributed by atoms with Crippen LogP contribution in [0.4, 0.5) is 13.2 Å². The Morgan fingerprint density at radius 2 is 1.70 bits per heavy atom. The number of aromatic nitrogens is 1. The summed E-state index contributed by atoms with van der Waals surface area (Å²) >= 11 is 0. The Hall–Kier alpha value is -4.62. The first-order valence-electron chi connectivity index (χ1n) is 17.9. The van der Waals surface area contributed by atoms with E-state index >= 15 is 0 Å². The molecule has 5 atom stereocenters. The standard InChI is InChI=1S/C41H45F3N4O5/c1-27-36(25-47(2)21-18-34-12-3-4-19-45-34)52-39(53-37(27)30-16-14-28(26-49)15-17-30)33-11-6-10-32(23-33)31-9-5-8-29(22-31)24-46-38(50)35-13-7-20-48(35)40(51)41(42,43)44/h3-6,8-12,14-17,19,22-23,27,35-37,39,49H,7,13,18,20-21,24-26H2,1-2H3,(H,46,50)/t27-,35+,36+,37+,39+/m1/s1. The van der Waals surface area contributed by atoms with E-state index in [2.05, 4.69) is 29.2 Å². The van der Waals surface area contributed by atoms with Gasteiger partial charge < -0.3 is 29.7 Å². The van der Waals surface area contributed by atoms with E-state index in [4.69, 9.17) is 9.47 Å². The number of carbonyl (C=O) groups excluding carboxylic acids is 2. The Morgan fingerprint density at radius 3 is 2.42 bits per heavy atom. The van der Waals surface area contributed by atoms with Gasteiger partial charge in [0.25, 0.3) is 0 Å². The van der Waals surface area contributed by atoms with Crippen LogP contribution < -0.4 is 5.32 Å². The van der Waals surface area contributed by atoms with Crippen molar-refractivity contribution < 1.29 is 37.3 Å². The van der Waals surface area contributed by atoms with Crippen molar-refractivity contribution in [1.29, 1.82) is 0 Å². The lowest BCUT2D eigenvalue weighted by Gasteiger charge is -2.42. The maximum Gasteiger partial charge on any atom is 0.471 e. The summed E-state index contributed by atoms with van der Waals surface area (Å²) in [7, 11) is 2.08. The minimum absolute atomic E-state index is 0.0153. The number of ether oxygens (including phenoxy) is 2. The number of likely N-dealkylation sites (N-methyl/N-ethyl adjacent to an activating group) is 1. The number of carbonyl (C=O) groups is 2. The summed E-state index contributed by atoms with van der Waals surface area (Å²) in [6.45, 7) is 3.57. The Kier molecular flexibility index (Phi) is 12.2. The lowest BCUT2D eigenvalue weighted by atomic mass is 9.90. The van der Waals surface area contributed by atoms with Gasteiger partial charge >= 0.3 is 12.1 Å². The number of aliphatic hydroxyl groups excluding tert-OH is 1. The zero-order valence-corrected chi connectivity index (χ0v) is 29.8. The molecule has 2 amide bonds. The number of alkyl halides is 3. The van der Waals surface area contributed by atoms with Crippen LogP contribution in [0.15, 0.2) is 97.2 Å². The van der Waals surface area contributed by atoms with Crippen molar-refractivity contribution in [1.82, 2.24) is 20.1 Å². The molecular weight excluding hydrogens is 685 g/mol. The summed E-state index contributed by atoms with van der Waals surface area (Å²) in [5.74, 6) is -2.57. The molecule has 3 aromatic carbocycles. The molecule has 2 aliphatic rings. The van der Waals surface area contributed by atoms with Crippen LogP contribution in [-0.2, 0) is 38.6 Å². The van der Waals surface area contributed by atoms with Crippen molar-refractivity contribution in [2.24, 2.45) is 5.92 Å². The zero-order chi connectivity index (χ0) is 37.5. The minimum atomic E-state index is -5.03. The number of rotatable bonds is 12. The highest BCUT2D eigenvalue weighted by atomic mass is 19.4. The van der Waals surface area contributed by atoms with Gasteiger partial charge in [0.05, 0.1) is 18.8 Å². The molecule has 0 radical (unpaired) electrons. The quantitative estimate of drug-likeness (QED) is 0.175. The predicted octanol–water partition coefficient (Wildman–Crippen LogP) is 6.38. The molecule has 0 saturated carbocycles. The van der Waals surface area contributed by atoms with E-state index in [-0.39, 0.29) is 44.2 Å². The molecule has 6 rings (SSSR count). The second-order valence-electron chi connectivity index (χ2n) is 13.9. The first kappa shape index (κ1) is 38.1. The maximum atomic E-state index is 13.1. The molecule has 2 saturated heterocycles. The number of amides is 2. The van der Waals surface area contributed by atoms with Crippen LogP contribution in [0.3, 0.4) is 0 Å². The van der Waals surface area contributed by atoms with Crippen molar-refractivity contribution in [3.63, 3.8) is 0 Å². The Labute approximate surface area is 307 Å². The highest BCUT2D eigenvalue weighted by Crippen LogP contribution is 2.42. The molecule has 0 unspecified atom stereocenters. The Balaban J connectivity index is 1.17. The molecule has 2 fully saturated rings. The van der Waals surface area contributed by atoms with Crippen LogP contribution in [-0.4, -0.2) is 76.7 Å². The van der Waals surface area contributed by atoms with E-state index in [0.717, 1.165) is 52.0 Å². The molecule has 280 valence electrons. The fraction of sp³-hybridized carbons (Fsp3) is 0.390. The molecule has 0 bridgehead atoms. The molecule has 12 heteroatoms. The molecular formula is C41H45F3N4O5. The SMILES string of the molecule is C[C@@H]1[C@H](CN(C)CCc2ccccn2)O[C@H](c2cccc(-c3cccc(CNC(=O)[C@@H]4CCCN4C(=O)C(F)(F)F)c3)c2)O[C@@H]1c1ccc(CO)cc1. The van der Waals surface area contributed by atoms with Gasteiger partial charge in [0.1, 0.15) is 6.04 Å². The van der Waals surface area contributed by atoms with Gasteiger partial charge in [-0.25, -0.2) is 0 Å². The van der Waals surface area contributed by atoms with E-state index < -0.39 is 30.3 Å². The van der Waals surface area contributed by atoms with Crippen molar-refractivity contribution >= 4 is 11.8 Å². The second kappa shape index (κ2) is 17.0. The molecule has 3 heterocycles. The largest absolute Gasteiger partial charge is 0.471 e. The van der Waals surface area contributed by atoms with Gasteiger partial charge in [-0.1, -0.05) is 73.7 Å². The van der Waals surface area contributed by atoms with Crippen LogP contribution in [0.25, 0.3) is 11.1 Å². The third-order valence-corrected chi connectivity index (χ3v) is 10.0. The molecule has 0 spiro atoms. The van der Waals surface area contributed by atoms with E-state index in [1.54, 1.807) is 6.20 Å². The molecule has 1 aromatic heterocycles. The van der Waals surface area contributed by atoms with Gasteiger partial charge in [-0.05, 0) is 72.0 Å². The number of aliphatic hydroxyl groups is 1.